The summed E-state index contributed by atoms with van der Waals surface area (Å²) in [6, 6.07) is 5.25. The molecule has 2 aromatic heterocycles. The van der Waals surface area contributed by atoms with Crippen LogP contribution in [0.2, 0.25) is 0 Å². The Balaban J connectivity index is 0.00000248. The number of nitrogens with zero attached hydrogens (tertiary/aromatic N) is 5. The molecule has 1 saturated heterocycles. The zero-order chi connectivity index (χ0) is 31.5. The number of fused-ring (bicyclic) bond motifs is 1. The van der Waals surface area contributed by atoms with Crippen LogP contribution in [-0.4, -0.2) is 87.1 Å². The van der Waals surface area contributed by atoms with Crippen LogP contribution in [0.3, 0.4) is 0 Å². The Hall–Kier alpha value is -3.83. The molecule has 3 amide bonds. The molecule has 2 aliphatic heterocycles. The van der Waals surface area contributed by atoms with Gasteiger partial charge >= 0.3 is 6.03 Å². The molecule has 0 aromatic carbocycles. The number of methoxy groups -OCH3 is 4. The topological polar surface area (TPSA) is 151 Å². The number of anilines is 3. The van der Waals surface area contributed by atoms with Gasteiger partial charge in [-0.15, -0.1) is 0 Å². The van der Waals surface area contributed by atoms with Crippen LogP contribution in [-0.2, 0) is 36.7 Å². The van der Waals surface area contributed by atoms with Crippen LogP contribution in [0.4, 0.5) is 22.1 Å². The van der Waals surface area contributed by atoms with Gasteiger partial charge in [-0.1, -0.05) is 13.8 Å². The average Bonchev–Trinajstić information content (AvgIpc) is 3.37. The number of nitriles is 1. The zero-order valence-electron chi connectivity index (χ0n) is 26.1. The van der Waals surface area contributed by atoms with Crippen molar-refractivity contribution < 1.29 is 28.5 Å². The molecule has 0 spiro atoms. The van der Waals surface area contributed by atoms with E-state index in [0.717, 1.165) is 24.0 Å². The fourth-order valence-corrected chi connectivity index (χ4v) is 5.16. The number of nitrogens with one attached hydrogen (secondary N) is 2. The molecule has 2 unspecified atom stereocenters. The molecule has 2 aromatic rings. The van der Waals surface area contributed by atoms with Crippen molar-refractivity contribution in [1.82, 2.24) is 14.9 Å². The first-order valence-electron chi connectivity index (χ1n) is 14.5. The SMILES string of the molecule is CC.COCC(C)Nc1cc(NC(=O)N2CCCc3cc(CN4CCC(OC)C4=O)c(C(OC)OC)nc32)ncc1C#N. The molecular formula is C30H43N7O6. The standard InChI is InChI=1S/C28H37N7O6.C2H6/c1-17(16-38-2)31-21-12-23(30-14-20(21)13-29)32-28(37)35-9-6-7-18-11-19(15-34-10-8-22(39-3)26(34)36)24(33-25(18)35)27(40-4)41-5;1-2/h11-12,14,17,22,27H,6-10,15-16H2,1-5H3,(H2,30,31,32,37);1-2H3. The average molecular weight is 598 g/mol. The Labute approximate surface area is 253 Å². The van der Waals surface area contributed by atoms with Gasteiger partial charge in [0.1, 0.15) is 29.5 Å². The van der Waals surface area contributed by atoms with Gasteiger partial charge in [0, 0.05) is 72.8 Å². The zero-order valence-corrected chi connectivity index (χ0v) is 26.1. The molecule has 4 heterocycles. The maximum atomic E-state index is 13.5. The molecule has 0 radical (unpaired) electrons. The highest BCUT2D eigenvalue weighted by Crippen LogP contribution is 2.33. The van der Waals surface area contributed by atoms with E-state index < -0.39 is 18.4 Å². The number of urea groups is 1. The van der Waals surface area contributed by atoms with Crippen LogP contribution in [0.5, 0.6) is 0 Å². The molecule has 13 nitrogen and oxygen atoms in total. The minimum absolute atomic E-state index is 0.0606. The van der Waals surface area contributed by atoms with E-state index in [9.17, 15) is 14.9 Å². The Bertz CT molecular complexity index is 1300. The quantitative estimate of drug-likeness (QED) is 0.366. The molecule has 43 heavy (non-hydrogen) atoms. The van der Waals surface area contributed by atoms with Gasteiger partial charge in [0.15, 0.2) is 0 Å². The van der Waals surface area contributed by atoms with Gasteiger partial charge in [-0.05, 0) is 37.0 Å². The van der Waals surface area contributed by atoms with Gasteiger partial charge in [0.25, 0.3) is 5.91 Å². The number of pyridine rings is 2. The number of ether oxygens (including phenoxy) is 4. The number of amides is 3. The van der Waals surface area contributed by atoms with E-state index >= 15 is 0 Å². The third-order valence-electron chi connectivity index (χ3n) is 7.14. The highest BCUT2D eigenvalue weighted by atomic mass is 16.7. The molecule has 234 valence electrons. The Morgan fingerprint density at radius 2 is 1.93 bits per heavy atom. The van der Waals surface area contributed by atoms with Crippen molar-refractivity contribution in [2.75, 3.05) is 63.7 Å². The molecule has 0 aliphatic carbocycles. The van der Waals surface area contributed by atoms with Crippen molar-refractivity contribution in [2.24, 2.45) is 0 Å². The third-order valence-corrected chi connectivity index (χ3v) is 7.14. The second-order valence-electron chi connectivity index (χ2n) is 10.0. The minimum atomic E-state index is -0.791. The summed E-state index contributed by atoms with van der Waals surface area (Å²) in [5, 5.41) is 15.6. The maximum Gasteiger partial charge on any atom is 0.328 e. The summed E-state index contributed by atoms with van der Waals surface area (Å²) >= 11 is 0. The Morgan fingerprint density at radius 3 is 2.56 bits per heavy atom. The van der Waals surface area contributed by atoms with Crippen molar-refractivity contribution in [3.05, 3.63) is 40.7 Å². The van der Waals surface area contributed by atoms with E-state index in [1.54, 1.807) is 23.0 Å². The molecule has 0 bridgehead atoms. The van der Waals surface area contributed by atoms with E-state index in [1.165, 1.54) is 27.5 Å². The summed E-state index contributed by atoms with van der Waals surface area (Å²) in [4.78, 5) is 38.7. The maximum absolute atomic E-state index is 13.5. The molecule has 13 heteroatoms. The number of carbonyl (C=O) groups excluding carboxylic acids is 2. The Kier molecular flexibility index (Phi) is 12.6. The summed E-state index contributed by atoms with van der Waals surface area (Å²) in [7, 11) is 6.17. The smallest absolute Gasteiger partial charge is 0.328 e. The normalized spacial score (nSPS) is 16.7. The predicted octanol–water partition coefficient (Wildman–Crippen LogP) is 3.84. The second-order valence-corrected chi connectivity index (χ2v) is 10.0. The summed E-state index contributed by atoms with van der Waals surface area (Å²) in [6.07, 6.45) is 2.26. The lowest BCUT2D eigenvalue weighted by Gasteiger charge is -2.31. The van der Waals surface area contributed by atoms with Crippen LogP contribution >= 0.6 is 0 Å². The van der Waals surface area contributed by atoms with Crippen molar-refractivity contribution in [2.45, 2.75) is 65.0 Å². The molecule has 2 atom stereocenters. The van der Waals surface area contributed by atoms with Crippen LogP contribution in [0.25, 0.3) is 0 Å². The predicted molar refractivity (Wildman–Crippen MR) is 162 cm³/mol. The lowest BCUT2D eigenvalue weighted by atomic mass is 10.0. The first kappa shape index (κ1) is 33.7. The van der Waals surface area contributed by atoms with Crippen molar-refractivity contribution >= 4 is 29.3 Å². The highest BCUT2D eigenvalue weighted by Gasteiger charge is 2.34. The number of likely N-dealkylation sites (tertiary alicyclic amines) is 1. The largest absolute Gasteiger partial charge is 0.383 e. The lowest BCUT2D eigenvalue weighted by Crippen LogP contribution is -2.40. The first-order valence-corrected chi connectivity index (χ1v) is 14.5. The van der Waals surface area contributed by atoms with Crippen LogP contribution in [0.1, 0.15) is 62.3 Å². The number of hydrogen-bond donors (Lipinski definition) is 2. The molecular weight excluding hydrogens is 554 g/mol. The lowest BCUT2D eigenvalue weighted by molar-refractivity contribution is -0.136. The Morgan fingerprint density at radius 1 is 1.19 bits per heavy atom. The number of aryl methyl sites for hydroxylation is 1. The second kappa shape index (κ2) is 16.1. The number of hydrogen-bond acceptors (Lipinski definition) is 10. The van der Waals surface area contributed by atoms with Gasteiger partial charge < -0.3 is 29.2 Å². The van der Waals surface area contributed by atoms with Crippen LogP contribution < -0.4 is 15.5 Å². The van der Waals surface area contributed by atoms with E-state index in [-0.39, 0.29) is 17.8 Å². The van der Waals surface area contributed by atoms with Crippen LogP contribution in [0, 0.1) is 11.3 Å². The van der Waals surface area contributed by atoms with Crippen LogP contribution in [0.15, 0.2) is 18.3 Å². The third kappa shape index (κ3) is 7.97. The fraction of sp³-hybridized carbons (Fsp3) is 0.567. The van der Waals surface area contributed by atoms with E-state index in [4.69, 9.17) is 23.9 Å². The molecule has 4 rings (SSSR count). The fourth-order valence-electron chi connectivity index (χ4n) is 5.16. The monoisotopic (exact) mass is 597 g/mol. The van der Waals surface area contributed by atoms with Gasteiger partial charge in [0.2, 0.25) is 6.29 Å². The van der Waals surface area contributed by atoms with E-state index in [0.29, 0.717) is 55.4 Å². The summed E-state index contributed by atoms with van der Waals surface area (Å²) < 4.78 is 21.6. The number of carbonyl (C=O) groups is 2. The highest BCUT2D eigenvalue weighted by molar-refractivity contribution is 6.01. The summed E-state index contributed by atoms with van der Waals surface area (Å²) in [5.74, 6) is 0.718. The van der Waals surface area contributed by atoms with E-state index in [2.05, 4.69) is 21.7 Å². The van der Waals surface area contributed by atoms with Crippen molar-refractivity contribution in [1.29, 1.82) is 5.26 Å². The van der Waals surface area contributed by atoms with Crippen molar-refractivity contribution in [3.63, 3.8) is 0 Å². The first-order chi connectivity index (χ1) is 20.8. The van der Waals surface area contributed by atoms with Crippen molar-refractivity contribution in [3.8, 4) is 6.07 Å². The molecule has 2 N–H and O–H groups in total. The van der Waals surface area contributed by atoms with E-state index in [1.807, 2.05) is 26.8 Å². The number of aromatic nitrogens is 2. The summed E-state index contributed by atoms with van der Waals surface area (Å²) in [5.41, 5.74) is 3.07. The van der Waals surface area contributed by atoms with Gasteiger partial charge in [-0.2, -0.15) is 5.26 Å². The molecule has 1 fully saturated rings. The number of rotatable bonds is 11. The minimum Gasteiger partial charge on any atom is -0.383 e. The molecule has 2 aliphatic rings. The van der Waals surface area contributed by atoms with Gasteiger partial charge in [-0.25, -0.2) is 14.8 Å². The van der Waals surface area contributed by atoms with Gasteiger partial charge in [-0.3, -0.25) is 15.0 Å². The summed E-state index contributed by atoms with van der Waals surface area (Å²) in [6.45, 7) is 7.72. The van der Waals surface area contributed by atoms with Gasteiger partial charge in [0.05, 0.1) is 17.9 Å². The molecule has 0 saturated carbocycles.